The Bertz CT molecular complexity index is 1240. The van der Waals surface area contributed by atoms with Crippen LogP contribution in [-0.2, 0) is 24.2 Å². The number of nitrogens with zero attached hydrogens (tertiary/aromatic N) is 4. The Balaban J connectivity index is 1.46. The lowest BCUT2D eigenvalue weighted by Gasteiger charge is -2.17. The molecular formula is C22H25N5OS3. The number of aryl methyl sites for hydroxylation is 1. The Morgan fingerprint density at radius 3 is 3.03 bits per heavy atom. The fourth-order valence-corrected chi connectivity index (χ4v) is 6.90. The van der Waals surface area contributed by atoms with E-state index in [1.165, 1.54) is 28.6 Å². The maximum atomic E-state index is 12.4. The van der Waals surface area contributed by atoms with Crippen molar-refractivity contribution in [1.29, 1.82) is 0 Å². The predicted octanol–water partition coefficient (Wildman–Crippen LogP) is 5.06. The molecule has 1 aliphatic carbocycles. The third kappa shape index (κ3) is 3.99. The Hall–Kier alpha value is -1.97. The lowest BCUT2D eigenvalue weighted by atomic mass is 9.89. The maximum absolute atomic E-state index is 12.4. The van der Waals surface area contributed by atoms with Crippen LogP contribution in [0.15, 0.2) is 22.7 Å². The molecule has 9 heteroatoms. The molecule has 0 bridgehead atoms. The monoisotopic (exact) mass is 471 g/mol. The van der Waals surface area contributed by atoms with Crippen LogP contribution in [0, 0.1) is 5.92 Å². The van der Waals surface area contributed by atoms with E-state index in [4.69, 9.17) is 4.98 Å². The number of carbonyl (C=O) groups is 1. The molecular weight excluding hydrogens is 446 g/mol. The predicted molar refractivity (Wildman–Crippen MR) is 128 cm³/mol. The summed E-state index contributed by atoms with van der Waals surface area (Å²) in [4.78, 5) is 21.1. The number of amides is 1. The Kier molecular flexibility index (Phi) is 5.75. The van der Waals surface area contributed by atoms with Gasteiger partial charge < -0.3 is 5.32 Å². The van der Waals surface area contributed by atoms with E-state index in [-0.39, 0.29) is 11.8 Å². The van der Waals surface area contributed by atoms with E-state index < -0.39 is 0 Å². The van der Waals surface area contributed by atoms with Crippen molar-refractivity contribution in [2.75, 3.05) is 5.75 Å². The van der Waals surface area contributed by atoms with Gasteiger partial charge in [0.15, 0.2) is 10.8 Å². The highest BCUT2D eigenvalue weighted by Crippen LogP contribution is 2.40. The Labute approximate surface area is 193 Å². The van der Waals surface area contributed by atoms with Crippen molar-refractivity contribution >= 4 is 56.2 Å². The molecule has 0 spiro atoms. The molecule has 1 atom stereocenters. The second-order valence-electron chi connectivity index (χ2n) is 8.44. The number of rotatable bonds is 6. The summed E-state index contributed by atoms with van der Waals surface area (Å²) in [6, 6.07) is 4.02. The largest absolute Gasteiger partial charge is 0.350 e. The summed E-state index contributed by atoms with van der Waals surface area (Å²) in [5.41, 5.74) is 2.30. The van der Waals surface area contributed by atoms with E-state index in [9.17, 15) is 4.79 Å². The lowest BCUT2D eigenvalue weighted by molar-refractivity contribution is -0.118. The topological polar surface area (TPSA) is 72.2 Å². The normalized spacial score (nSPS) is 16.3. The summed E-state index contributed by atoms with van der Waals surface area (Å²) in [5, 5.41) is 16.0. The SMILES string of the molecule is CC(C)c1nc2sc3c(c2c2nnc(SCC(=O)NCc4cccs4)n12)CC[C@H](C)C3. The quantitative estimate of drug-likeness (QED) is 0.398. The molecule has 0 saturated heterocycles. The van der Waals surface area contributed by atoms with E-state index >= 15 is 0 Å². The Morgan fingerprint density at radius 1 is 1.39 bits per heavy atom. The third-order valence-electron chi connectivity index (χ3n) is 5.68. The van der Waals surface area contributed by atoms with E-state index in [2.05, 4.69) is 40.7 Å². The number of carbonyl (C=O) groups excluding carboxylic acids is 1. The highest BCUT2D eigenvalue weighted by Gasteiger charge is 2.26. The van der Waals surface area contributed by atoms with Gasteiger partial charge in [0.1, 0.15) is 10.7 Å². The first-order valence-corrected chi connectivity index (χ1v) is 13.3. The van der Waals surface area contributed by atoms with Crippen LogP contribution in [-0.4, -0.2) is 31.2 Å². The average Bonchev–Trinajstić information content (AvgIpc) is 3.47. The minimum atomic E-state index is -0.00261. The smallest absolute Gasteiger partial charge is 0.230 e. The number of hydrogen-bond donors (Lipinski definition) is 1. The van der Waals surface area contributed by atoms with Crippen LogP contribution < -0.4 is 5.32 Å². The standard InChI is InChI=1S/C22H25N5OS3/c1-12(2)19-24-21-18(15-7-6-13(3)9-16(15)31-21)20-25-26-22(27(19)20)30-11-17(28)23-10-14-5-4-8-29-14/h4-5,8,12-13H,6-7,9-11H2,1-3H3,(H,23,28)/t13-/m0/s1. The van der Waals surface area contributed by atoms with Crippen LogP contribution in [0.1, 0.15) is 54.3 Å². The lowest BCUT2D eigenvalue weighted by Crippen LogP contribution is -2.24. The van der Waals surface area contributed by atoms with E-state index in [1.54, 1.807) is 11.3 Å². The van der Waals surface area contributed by atoms with Gasteiger partial charge in [-0.15, -0.1) is 32.9 Å². The first-order valence-electron chi connectivity index (χ1n) is 10.6. The minimum Gasteiger partial charge on any atom is -0.350 e. The van der Waals surface area contributed by atoms with Gasteiger partial charge >= 0.3 is 0 Å². The first-order chi connectivity index (χ1) is 15.0. The highest BCUT2D eigenvalue weighted by atomic mass is 32.2. The zero-order valence-electron chi connectivity index (χ0n) is 17.8. The van der Waals surface area contributed by atoms with Gasteiger partial charge in [-0.05, 0) is 42.2 Å². The molecule has 0 fully saturated rings. The van der Waals surface area contributed by atoms with Crippen LogP contribution in [0.4, 0.5) is 0 Å². The molecule has 0 unspecified atom stereocenters. The van der Waals surface area contributed by atoms with E-state index in [0.717, 1.165) is 50.5 Å². The number of thioether (sulfide) groups is 1. The maximum Gasteiger partial charge on any atom is 0.230 e. The zero-order valence-corrected chi connectivity index (χ0v) is 20.3. The van der Waals surface area contributed by atoms with Crippen molar-refractivity contribution in [3.63, 3.8) is 0 Å². The van der Waals surface area contributed by atoms with Crippen LogP contribution in [0.3, 0.4) is 0 Å². The summed E-state index contributed by atoms with van der Waals surface area (Å²) >= 11 is 4.89. The Morgan fingerprint density at radius 2 is 2.26 bits per heavy atom. The molecule has 162 valence electrons. The minimum absolute atomic E-state index is 0.00261. The fourth-order valence-electron chi connectivity index (χ4n) is 4.10. The van der Waals surface area contributed by atoms with Gasteiger partial charge in [-0.25, -0.2) is 4.98 Å². The van der Waals surface area contributed by atoms with Gasteiger partial charge in [0.05, 0.1) is 17.7 Å². The fraction of sp³-hybridized carbons (Fsp3) is 0.455. The number of aromatic nitrogens is 4. The van der Waals surface area contributed by atoms with Crippen molar-refractivity contribution < 1.29 is 4.79 Å². The molecule has 4 aromatic heterocycles. The molecule has 4 aromatic rings. The second-order valence-corrected chi connectivity index (χ2v) is 11.5. The number of hydrogen-bond acceptors (Lipinski definition) is 7. The molecule has 0 aromatic carbocycles. The molecule has 1 N–H and O–H groups in total. The number of fused-ring (bicyclic) bond motifs is 5. The molecule has 4 heterocycles. The summed E-state index contributed by atoms with van der Waals surface area (Å²) < 4.78 is 2.08. The second kappa shape index (κ2) is 8.52. The molecule has 1 amide bonds. The van der Waals surface area contributed by atoms with Gasteiger partial charge in [0.2, 0.25) is 5.91 Å². The third-order valence-corrected chi connectivity index (χ3v) is 8.64. The number of thiophene rings is 2. The molecule has 1 aliphatic rings. The zero-order chi connectivity index (χ0) is 21.5. The van der Waals surface area contributed by atoms with Gasteiger partial charge in [-0.3, -0.25) is 9.20 Å². The van der Waals surface area contributed by atoms with Crippen molar-refractivity contribution in [3.8, 4) is 0 Å². The van der Waals surface area contributed by atoms with Crippen LogP contribution >= 0.6 is 34.4 Å². The molecule has 6 nitrogen and oxygen atoms in total. The van der Waals surface area contributed by atoms with Crippen LogP contribution in [0.2, 0.25) is 0 Å². The van der Waals surface area contributed by atoms with Gasteiger partial charge in [0, 0.05) is 15.7 Å². The molecule has 5 rings (SSSR count). The van der Waals surface area contributed by atoms with Crippen molar-refractivity contribution in [1.82, 2.24) is 24.9 Å². The molecule has 0 aliphatic heterocycles. The highest BCUT2D eigenvalue weighted by molar-refractivity contribution is 7.99. The molecule has 0 radical (unpaired) electrons. The average molecular weight is 472 g/mol. The van der Waals surface area contributed by atoms with Crippen molar-refractivity contribution in [2.45, 2.75) is 57.7 Å². The number of nitrogens with one attached hydrogen (secondary N) is 1. The first kappa shape index (κ1) is 20.9. The van der Waals surface area contributed by atoms with Gasteiger partial charge in [-0.2, -0.15) is 0 Å². The summed E-state index contributed by atoms with van der Waals surface area (Å²) in [7, 11) is 0. The summed E-state index contributed by atoms with van der Waals surface area (Å²) in [5.74, 6) is 2.21. The summed E-state index contributed by atoms with van der Waals surface area (Å²) in [6.45, 7) is 7.18. The van der Waals surface area contributed by atoms with Crippen LogP contribution in [0.25, 0.3) is 15.9 Å². The summed E-state index contributed by atoms with van der Waals surface area (Å²) in [6.07, 6.45) is 3.41. The van der Waals surface area contributed by atoms with Gasteiger partial charge in [-0.1, -0.05) is 38.6 Å². The van der Waals surface area contributed by atoms with Crippen molar-refractivity contribution in [2.24, 2.45) is 5.92 Å². The van der Waals surface area contributed by atoms with E-state index in [1.807, 2.05) is 28.8 Å². The molecule has 0 saturated carbocycles. The van der Waals surface area contributed by atoms with Crippen molar-refractivity contribution in [3.05, 3.63) is 38.7 Å². The van der Waals surface area contributed by atoms with Gasteiger partial charge in [0.25, 0.3) is 0 Å². The van der Waals surface area contributed by atoms with Crippen LogP contribution in [0.5, 0.6) is 0 Å². The van der Waals surface area contributed by atoms with E-state index in [0.29, 0.717) is 12.3 Å². The molecule has 31 heavy (non-hydrogen) atoms.